The molecule has 5 nitrogen and oxygen atoms in total. The maximum absolute atomic E-state index is 9.12. The Labute approximate surface area is 141 Å². The van der Waals surface area contributed by atoms with Gasteiger partial charge in [0, 0.05) is 36.6 Å². The van der Waals surface area contributed by atoms with Gasteiger partial charge in [0.15, 0.2) is 5.65 Å². The van der Waals surface area contributed by atoms with Crippen molar-refractivity contribution in [1.82, 2.24) is 19.5 Å². The fourth-order valence-corrected chi connectivity index (χ4v) is 3.38. The molecule has 1 aromatic carbocycles. The van der Waals surface area contributed by atoms with E-state index in [2.05, 4.69) is 33.2 Å². The molecule has 3 heterocycles. The normalized spacial score (nSPS) is 18.5. The molecule has 0 radical (unpaired) electrons. The van der Waals surface area contributed by atoms with Crippen molar-refractivity contribution in [2.45, 2.75) is 19.4 Å². The lowest BCUT2D eigenvalue weighted by Crippen LogP contribution is -2.34. The molecule has 120 valence electrons. The summed E-state index contributed by atoms with van der Waals surface area (Å²) in [7, 11) is 0. The fourth-order valence-electron chi connectivity index (χ4n) is 3.38. The van der Waals surface area contributed by atoms with Crippen molar-refractivity contribution in [3.8, 4) is 17.2 Å². The summed E-state index contributed by atoms with van der Waals surface area (Å²) < 4.78 is 1.85. The number of aromatic nitrogens is 3. The van der Waals surface area contributed by atoms with Gasteiger partial charge in [0.05, 0.1) is 18.2 Å². The van der Waals surface area contributed by atoms with E-state index in [9.17, 15) is 0 Å². The van der Waals surface area contributed by atoms with Crippen LogP contribution in [-0.4, -0.2) is 32.6 Å². The Bertz CT molecular complexity index is 878. The summed E-state index contributed by atoms with van der Waals surface area (Å²) in [6, 6.07) is 12.6. The minimum atomic E-state index is 0.157. The summed E-state index contributed by atoms with van der Waals surface area (Å²) >= 11 is 0. The van der Waals surface area contributed by atoms with Gasteiger partial charge in [-0.15, -0.1) is 0 Å². The van der Waals surface area contributed by atoms with E-state index in [1.54, 1.807) is 0 Å². The van der Waals surface area contributed by atoms with E-state index in [1.165, 1.54) is 0 Å². The number of hydrogen-bond donors (Lipinski definition) is 0. The average molecular weight is 317 g/mol. The summed E-state index contributed by atoms with van der Waals surface area (Å²) in [4.78, 5) is 6.97. The Morgan fingerprint density at radius 3 is 2.92 bits per heavy atom. The second kappa shape index (κ2) is 6.42. The van der Waals surface area contributed by atoms with Crippen molar-refractivity contribution in [2.75, 3.05) is 13.1 Å². The predicted octanol–water partition coefficient (Wildman–Crippen LogP) is 3.13. The highest BCUT2D eigenvalue weighted by Gasteiger charge is 2.19. The van der Waals surface area contributed by atoms with Crippen LogP contribution in [-0.2, 0) is 6.54 Å². The van der Waals surface area contributed by atoms with Gasteiger partial charge in [-0.25, -0.2) is 9.50 Å². The molecule has 0 spiro atoms. The standard InChI is InChI=1S/C19H19N5/c20-9-15-5-4-8-23(12-15)13-16-10-21-19-18(11-22-24(19)14-16)17-6-2-1-3-7-17/h1-3,6-7,10-11,14-15H,4-5,8,12-13H2/t15-/m1/s1. The number of fused-ring (bicyclic) bond motifs is 1. The van der Waals surface area contributed by atoms with Crippen LogP contribution in [0.15, 0.2) is 48.9 Å². The zero-order valence-electron chi connectivity index (χ0n) is 13.5. The SMILES string of the molecule is N#C[C@H]1CCCN(Cc2cnc3c(-c4ccccc4)cnn3c2)C1. The second-order valence-electron chi connectivity index (χ2n) is 6.36. The van der Waals surface area contributed by atoms with Gasteiger partial charge in [0.1, 0.15) is 0 Å². The lowest BCUT2D eigenvalue weighted by atomic mass is 9.99. The molecule has 1 aliphatic heterocycles. The third-order valence-corrected chi connectivity index (χ3v) is 4.59. The Morgan fingerprint density at radius 2 is 2.08 bits per heavy atom. The van der Waals surface area contributed by atoms with Gasteiger partial charge in [0.25, 0.3) is 0 Å². The highest BCUT2D eigenvalue weighted by Crippen LogP contribution is 2.23. The van der Waals surface area contributed by atoms with E-state index in [4.69, 9.17) is 5.26 Å². The van der Waals surface area contributed by atoms with Crippen LogP contribution in [0.3, 0.4) is 0 Å². The Balaban J connectivity index is 1.58. The number of nitriles is 1. The minimum Gasteiger partial charge on any atom is -0.298 e. The van der Waals surface area contributed by atoms with Gasteiger partial charge in [-0.1, -0.05) is 30.3 Å². The zero-order chi connectivity index (χ0) is 16.4. The molecule has 0 N–H and O–H groups in total. The van der Waals surface area contributed by atoms with Crippen molar-refractivity contribution >= 4 is 5.65 Å². The van der Waals surface area contributed by atoms with Crippen molar-refractivity contribution in [1.29, 1.82) is 5.26 Å². The zero-order valence-corrected chi connectivity index (χ0v) is 13.5. The maximum Gasteiger partial charge on any atom is 0.162 e. The van der Waals surface area contributed by atoms with Crippen LogP contribution in [0.4, 0.5) is 0 Å². The number of rotatable bonds is 3. The third kappa shape index (κ3) is 2.89. The molecule has 0 aliphatic carbocycles. The molecular formula is C19H19N5. The molecule has 0 amide bonds. The van der Waals surface area contributed by atoms with Crippen LogP contribution in [0.2, 0.25) is 0 Å². The lowest BCUT2D eigenvalue weighted by Gasteiger charge is -2.29. The Kier molecular flexibility index (Phi) is 3.97. The number of hydrogen-bond acceptors (Lipinski definition) is 4. The minimum absolute atomic E-state index is 0.157. The smallest absolute Gasteiger partial charge is 0.162 e. The molecular weight excluding hydrogens is 298 g/mol. The predicted molar refractivity (Wildman–Crippen MR) is 92.0 cm³/mol. The van der Waals surface area contributed by atoms with E-state index >= 15 is 0 Å². The molecule has 1 saturated heterocycles. The molecule has 0 bridgehead atoms. The van der Waals surface area contributed by atoms with Gasteiger partial charge in [-0.2, -0.15) is 10.4 Å². The van der Waals surface area contributed by atoms with Crippen LogP contribution in [0.25, 0.3) is 16.8 Å². The quantitative estimate of drug-likeness (QED) is 0.744. The average Bonchev–Trinajstić information content (AvgIpc) is 3.06. The van der Waals surface area contributed by atoms with Crippen molar-refractivity contribution in [3.05, 3.63) is 54.5 Å². The molecule has 1 fully saturated rings. The number of benzene rings is 1. The largest absolute Gasteiger partial charge is 0.298 e. The molecule has 2 aromatic heterocycles. The summed E-state index contributed by atoms with van der Waals surface area (Å²) in [6.07, 6.45) is 7.95. The van der Waals surface area contributed by atoms with Gasteiger partial charge in [-0.05, 0) is 24.9 Å². The van der Waals surface area contributed by atoms with Gasteiger partial charge in [0.2, 0.25) is 0 Å². The monoisotopic (exact) mass is 317 g/mol. The van der Waals surface area contributed by atoms with Crippen LogP contribution in [0, 0.1) is 17.2 Å². The molecule has 4 rings (SSSR count). The summed E-state index contributed by atoms with van der Waals surface area (Å²) in [5.41, 5.74) is 4.17. The lowest BCUT2D eigenvalue weighted by molar-refractivity contribution is 0.191. The number of likely N-dealkylation sites (tertiary alicyclic amines) is 1. The van der Waals surface area contributed by atoms with Crippen LogP contribution in [0.5, 0.6) is 0 Å². The van der Waals surface area contributed by atoms with Gasteiger partial charge >= 0.3 is 0 Å². The third-order valence-electron chi connectivity index (χ3n) is 4.59. The second-order valence-corrected chi connectivity index (χ2v) is 6.36. The van der Waals surface area contributed by atoms with Gasteiger partial charge < -0.3 is 0 Å². The molecule has 1 atom stereocenters. The first-order chi connectivity index (χ1) is 11.8. The number of piperidine rings is 1. The van der Waals surface area contributed by atoms with E-state index in [1.807, 2.05) is 41.3 Å². The highest BCUT2D eigenvalue weighted by atomic mass is 15.2. The van der Waals surface area contributed by atoms with Crippen LogP contribution in [0.1, 0.15) is 18.4 Å². The van der Waals surface area contributed by atoms with E-state index in [0.29, 0.717) is 0 Å². The van der Waals surface area contributed by atoms with Gasteiger partial charge in [-0.3, -0.25) is 4.90 Å². The Hall–Kier alpha value is -2.71. The molecule has 0 saturated carbocycles. The highest BCUT2D eigenvalue weighted by molar-refractivity contribution is 5.76. The molecule has 1 aliphatic rings. The molecule has 24 heavy (non-hydrogen) atoms. The first kappa shape index (κ1) is 14.9. The van der Waals surface area contributed by atoms with E-state index < -0.39 is 0 Å². The molecule has 3 aromatic rings. The van der Waals surface area contributed by atoms with Crippen LogP contribution < -0.4 is 0 Å². The topological polar surface area (TPSA) is 57.2 Å². The van der Waals surface area contributed by atoms with Crippen LogP contribution >= 0.6 is 0 Å². The Morgan fingerprint density at radius 1 is 1.21 bits per heavy atom. The van der Waals surface area contributed by atoms with E-state index in [-0.39, 0.29) is 5.92 Å². The first-order valence-electron chi connectivity index (χ1n) is 8.33. The first-order valence-corrected chi connectivity index (χ1v) is 8.33. The van der Waals surface area contributed by atoms with E-state index in [0.717, 1.165) is 54.8 Å². The summed E-state index contributed by atoms with van der Waals surface area (Å²) in [5.74, 6) is 0.157. The maximum atomic E-state index is 9.12. The van der Waals surface area contributed by atoms with Crippen molar-refractivity contribution in [3.63, 3.8) is 0 Å². The molecule has 5 heteroatoms. The van der Waals surface area contributed by atoms with Crippen molar-refractivity contribution in [2.24, 2.45) is 5.92 Å². The number of nitrogens with zero attached hydrogens (tertiary/aromatic N) is 5. The summed E-state index contributed by atoms with van der Waals surface area (Å²) in [5, 5.41) is 13.6. The van der Waals surface area contributed by atoms with Crippen molar-refractivity contribution < 1.29 is 0 Å². The summed E-state index contributed by atoms with van der Waals surface area (Å²) in [6.45, 7) is 2.72. The molecule has 0 unspecified atom stereocenters. The fraction of sp³-hybridized carbons (Fsp3) is 0.316.